The molecule has 0 aromatic carbocycles. The lowest BCUT2D eigenvalue weighted by Gasteiger charge is -2.20. The van der Waals surface area contributed by atoms with Crippen molar-refractivity contribution in [3.8, 4) is 0 Å². The minimum absolute atomic E-state index is 0.0337. The van der Waals surface area contributed by atoms with Crippen LogP contribution < -0.4 is 5.32 Å². The molecule has 0 radical (unpaired) electrons. The number of hydrogen-bond donors (Lipinski definition) is 1. The van der Waals surface area contributed by atoms with Crippen LogP contribution in [-0.2, 0) is 9.59 Å². The van der Waals surface area contributed by atoms with E-state index in [0.29, 0.717) is 12.5 Å². The number of carbonyl (C=O) groups excluding carboxylic acids is 2. The van der Waals surface area contributed by atoms with E-state index in [1.54, 1.807) is 0 Å². The molecule has 0 aromatic rings. The second-order valence-electron chi connectivity index (χ2n) is 6.56. The third kappa shape index (κ3) is 2.18. The van der Waals surface area contributed by atoms with Gasteiger partial charge in [0.2, 0.25) is 11.8 Å². The summed E-state index contributed by atoms with van der Waals surface area (Å²) in [6.45, 7) is 10.8. The second kappa shape index (κ2) is 4.65. The molecule has 2 aliphatic rings. The van der Waals surface area contributed by atoms with Crippen LogP contribution >= 0.6 is 0 Å². The molecule has 1 aliphatic carbocycles. The van der Waals surface area contributed by atoms with Crippen molar-refractivity contribution in [2.24, 2.45) is 23.2 Å². The Hall–Kier alpha value is -0.900. The van der Waals surface area contributed by atoms with Crippen molar-refractivity contribution in [2.75, 3.05) is 19.6 Å². The number of likely N-dealkylation sites (tertiary alicyclic amines) is 1. The van der Waals surface area contributed by atoms with Gasteiger partial charge in [-0.15, -0.1) is 0 Å². The molecule has 2 amide bonds. The summed E-state index contributed by atoms with van der Waals surface area (Å²) in [6, 6.07) is 0. The molecule has 4 nitrogen and oxygen atoms in total. The van der Waals surface area contributed by atoms with Crippen LogP contribution in [0.3, 0.4) is 0 Å². The fourth-order valence-corrected chi connectivity index (χ4v) is 2.98. The van der Waals surface area contributed by atoms with E-state index in [0.717, 1.165) is 19.5 Å². The standard InChI is InChI=1S/C14H24N2O2/c1-9(2)8-15-6-5-7-16-12(17)10-11(13(16)18)14(10,3)4/h9-11,15H,5-8H2,1-4H3. The third-order valence-corrected chi connectivity index (χ3v) is 4.18. The molecule has 1 heterocycles. The SMILES string of the molecule is CC(C)CNCCCN1C(=O)C2C(C1=O)C2(C)C. The molecule has 1 N–H and O–H groups in total. The summed E-state index contributed by atoms with van der Waals surface area (Å²) < 4.78 is 0. The summed E-state index contributed by atoms with van der Waals surface area (Å²) in [5.41, 5.74) is -0.0828. The van der Waals surface area contributed by atoms with Gasteiger partial charge in [-0.05, 0) is 30.8 Å². The van der Waals surface area contributed by atoms with Crippen LogP contribution in [0.25, 0.3) is 0 Å². The first-order valence-corrected chi connectivity index (χ1v) is 6.93. The number of amides is 2. The maximum Gasteiger partial charge on any atom is 0.233 e. The lowest BCUT2D eigenvalue weighted by molar-refractivity contribution is -0.143. The van der Waals surface area contributed by atoms with Gasteiger partial charge in [0.15, 0.2) is 0 Å². The molecule has 2 atom stereocenters. The van der Waals surface area contributed by atoms with E-state index in [-0.39, 0.29) is 29.1 Å². The lowest BCUT2D eigenvalue weighted by atomic mass is 10.1. The zero-order valence-electron chi connectivity index (χ0n) is 11.8. The number of piperidine rings is 1. The highest BCUT2D eigenvalue weighted by Crippen LogP contribution is 2.63. The first-order valence-electron chi connectivity index (χ1n) is 6.93. The van der Waals surface area contributed by atoms with Gasteiger partial charge in [-0.1, -0.05) is 27.7 Å². The van der Waals surface area contributed by atoms with E-state index in [1.165, 1.54) is 4.90 Å². The van der Waals surface area contributed by atoms with E-state index in [2.05, 4.69) is 19.2 Å². The third-order valence-electron chi connectivity index (χ3n) is 4.18. The van der Waals surface area contributed by atoms with Crippen molar-refractivity contribution in [1.82, 2.24) is 10.2 Å². The molecule has 1 saturated heterocycles. The first-order chi connectivity index (χ1) is 8.37. The van der Waals surface area contributed by atoms with Gasteiger partial charge in [0.05, 0.1) is 11.8 Å². The van der Waals surface area contributed by atoms with Gasteiger partial charge in [0.25, 0.3) is 0 Å². The molecular formula is C14H24N2O2. The predicted octanol–water partition coefficient (Wildman–Crippen LogP) is 1.26. The van der Waals surface area contributed by atoms with Crippen molar-refractivity contribution in [2.45, 2.75) is 34.1 Å². The number of hydrogen-bond acceptors (Lipinski definition) is 3. The van der Waals surface area contributed by atoms with Crippen molar-refractivity contribution in [1.29, 1.82) is 0 Å². The Morgan fingerprint density at radius 3 is 2.28 bits per heavy atom. The average molecular weight is 252 g/mol. The quantitative estimate of drug-likeness (QED) is 0.572. The number of nitrogens with zero attached hydrogens (tertiary/aromatic N) is 1. The largest absolute Gasteiger partial charge is 0.316 e. The Labute approximate surface area is 109 Å². The monoisotopic (exact) mass is 252 g/mol. The van der Waals surface area contributed by atoms with Gasteiger partial charge in [0, 0.05) is 6.54 Å². The fourth-order valence-electron chi connectivity index (χ4n) is 2.98. The normalized spacial score (nSPS) is 29.1. The Morgan fingerprint density at radius 2 is 1.78 bits per heavy atom. The van der Waals surface area contributed by atoms with Crippen molar-refractivity contribution in [3.05, 3.63) is 0 Å². The van der Waals surface area contributed by atoms with Crippen LogP contribution in [-0.4, -0.2) is 36.3 Å². The Balaban J connectivity index is 1.73. The van der Waals surface area contributed by atoms with Gasteiger partial charge in [-0.25, -0.2) is 0 Å². The summed E-state index contributed by atoms with van der Waals surface area (Å²) in [5.74, 6) is 0.674. The summed E-state index contributed by atoms with van der Waals surface area (Å²) in [4.78, 5) is 25.5. The fraction of sp³-hybridized carbons (Fsp3) is 0.857. The van der Waals surface area contributed by atoms with Crippen molar-refractivity contribution < 1.29 is 9.59 Å². The van der Waals surface area contributed by atoms with E-state index in [9.17, 15) is 9.59 Å². The molecular weight excluding hydrogens is 228 g/mol. The summed E-state index contributed by atoms with van der Waals surface area (Å²) in [7, 11) is 0. The molecule has 18 heavy (non-hydrogen) atoms. The Bertz CT molecular complexity index is 339. The minimum Gasteiger partial charge on any atom is -0.316 e. The van der Waals surface area contributed by atoms with E-state index in [4.69, 9.17) is 0 Å². The highest BCUT2D eigenvalue weighted by molar-refractivity contribution is 6.10. The number of fused-ring (bicyclic) bond motifs is 1. The summed E-state index contributed by atoms with van der Waals surface area (Å²) in [6.07, 6.45) is 0.851. The Kier molecular flexibility index (Phi) is 3.49. The number of rotatable bonds is 6. The van der Waals surface area contributed by atoms with Crippen LogP contribution in [0.15, 0.2) is 0 Å². The van der Waals surface area contributed by atoms with Gasteiger partial charge >= 0.3 is 0 Å². The molecule has 1 saturated carbocycles. The molecule has 2 unspecified atom stereocenters. The molecule has 2 fully saturated rings. The zero-order chi connectivity index (χ0) is 13.5. The van der Waals surface area contributed by atoms with Gasteiger partial charge in [0.1, 0.15) is 0 Å². The van der Waals surface area contributed by atoms with Crippen LogP contribution in [0, 0.1) is 23.2 Å². The van der Waals surface area contributed by atoms with Gasteiger partial charge in [-0.2, -0.15) is 0 Å². The molecule has 0 bridgehead atoms. The molecule has 0 spiro atoms. The van der Waals surface area contributed by atoms with E-state index < -0.39 is 0 Å². The topological polar surface area (TPSA) is 49.4 Å². The molecule has 4 heteroatoms. The van der Waals surface area contributed by atoms with Gasteiger partial charge in [-0.3, -0.25) is 14.5 Å². The van der Waals surface area contributed by atoms with Crippen molar-refractivity contribution in [3.63, 3.8) is 0 Å². The highest BCUT2D eigenvalue weighted by Gasteiger charge is 2.72. The predicted molar refractivity (Wildman–Crippen MR) is 69.8 cm³/mol. The van der Waals surface area contributed by atoms with Gasteiger partial charge < -0.3 is 5.32 Å². The first kappa shape index (κ1) is 13.5. The minimum atomic E-state index is -0.0828. The number of carbonyl (C=O) groups is 2. The molecule has 102 valence electrons. The molecule has 1 aliphatic heterocycles. The van der Waals surface area contributed by atoms with Crippen LogP contribution in [0.5, 0.6) is 0 Å². The number of nitrogens with one attached hydrogen (secondary N) is 1. The maximum absolute atomic E-state index is 12.0. The highest BCUT2D eigenvalue weighted by atomic mass is 16.2. The maximum atomic E-state index is 12.0. The van der Waals surface area contributed by atoms with Crippen LogP contribution in [0.2, 0.25) is 0 Å². The lowest BCUT2D eigenvalue weighted by Crippen LogP contribution is -2.38. The van der Waals surface area contributed by atoms with Crippen molar-refractivity contribution >= 4 is 11.8 Å². The second-order valence-corrected chi connectivity index (χ2v) is 6.56. The van der Waals surface area contributed by atoms with Crippen LogP contribution in [0.4, 0.5) is 0 Å². The summed E-state index contributed by atoms with van der Waals surface area (Å²) >= 11 is 0. The van der Waals surface area contributed by atoms with E-state index in [1.807, 2.05) is 13.8 Å². The zero-order valence-corrected chi connectivity index (χ0v) is 11.8. The molecule has 2 rings (SSSR count). The van der Waals surface area contributed by atoms with E-state index >= 15 is 0 Å². The molecule has 0 aromatic heterocycles. The summed E-state index contributed by atoms with van der Waals surface area (Å²) in [5, 5.41) is 3.33. The average Bonchev–Trinajstić information content (AvgIpc) is 2.73. The Morgan fingerprint density at radius 1 is 1.22 bits per heavy atom. The van der Waals surface area contributed by atoms with Crippen LogP contribution in [0.1, 0.15) is 34.1 Å². The smallest absolute Gasteiger partial charge is 0.233 e. The number of imide groups is 1.